The molecule has 0 aliphatic heterocycles. The molecule has 2 aromatic carbocycles. The molecule has 0 unspecified atom stereocenters. The van der Waals surface area contributed by atoms with Crippen molar-refractivity contribution in [1.82, 2.24) is 14.8 Å². The van der Waals surface area contributed by atoms with Crippen molar-refractivity contribution in [2.24, 2.45) is 0 Å². The fraction of sp³-hybridized carbons (Fsp3) is 0.0625. The molecule has 0 aliphatic rings. The molecule has 0 saturated heterocycles. The van der Waals surface area contributed by atoms with Crippen LogP contribution in [0.15, 0.2) is 48.8 Å². The number of hydrogen-bond donors (Lipinski definition) is 1. The molecule has 0 radical (unpaired) electrons. The second kappa shape index (κ2) is 5.10. The average Bonchev–Trinajstić information content (AvgIpc) is 2.97. The molecule has 0 fully saturated rings. The predicted octanol–water partition coefficient (Wildman–Crippen LogP) is 2.70. The van der Waals surface area contributed by atoms with Gasteiger partial charge in [-0.05, 0) is 48.9 Å². The van der Waals surface area contributed by atoms with Gasteiger partial charge in [-0.3, -0.25) is 0 Å². The Morgan fingerprint density at radius 3 is 2.62 bits per heavy atom. The normalized spacial score (nSPS) is 10.3. The molecule has 0 bridgehead atoms. The summed E-state index contributed by atoms with van der Waals surface area (Å²) in [6, 6.07) is 15.1. The summed E-state index contributed by atoms with van der Waals surface area (Å²) in [5.74, 6) is 0.598. The van der Waals surface area contributed by atoms with Gasteiger partial charge in [0.05, 0.1) is 11.3 Å². The number of nitrogens with two attached hydrogens (primary N) is 1. The summed E-state index contributed by atoms with van der Waals surface area (Å²) < 4.78 is 1.62. The third-order valence-electron chi connectivity index (χ3n) is 3.18. The van der Waals surface area contributed by atoms with Gasteiger partial charge in [0.2, 0.25) is 0 Å². The lowest BCUT2D eigenvalue weighted by Crippen LogP contribution is -1.99. The van der Waals surface area contributed by atoms with Gasteiger partial charge < -0.3 is 5.73 Å². The molecular formula is C16H13N5. The fourth-order valence-electron chi connectivity index (χ4n) is 2.07. The summed E-state index contributed by atoms with van der Waals surface area (Å²) in [5.41, 5.74) is 9.61. The molecule has 21 heavy (non-hydrogen) atoms. The first-order chi connectivity index (χ1) is 10.2. The average molecular weight is 275 g/mol. The number of aryl methyl sites for hydroxylation is 1. The predicted molar refractivity (Wildman–Crippen MR) is 80.7 cm³/mol. The van der Waals surface area contributed by atoms with Crippen LogP contribution in [-0.4, -0.2) is 14.8 Å². The molecule has 102 valence electrons. The number of hydrogen-bond acceptors (Lipinski definition) is 4. The van der Waals surface area contributed by atoms with Crippen molar-refractivity contribution >= 4 is 5.69 Å². The molecule has 0 saturated carbocycles. The Kier molecular flexibility index (Phi) is 3.13. The molecule has 1 aromatic heterocycles. The smallest absolute Gasteiger partial charge is 0.181 e. The minimum atomic E-state index is 0.564. The van der Waals surface area contributed by atoms with Crippen LogP contribution in [0.25, 0.3) is 17.1 Å². The van der Waals surface area contributed by atoms with Gasteiger partial charge in [-0.15, -0.1) is 5.10 Å². The third-order valence-corrected chi connectivity index (χ3v) is 3.18. The Morgan fingerprint density at radius 1 is 1.14 bits per heavy atom. The van der Waals surface area contributed by atoms with Gasteiger partial charge in [0.15, 0.2) is 5.82 Å². The molecule has 0 spiro atoms. The molecule has 2 N–H and O–H groups in total. The molecule has 5 heteroatoms. The maximum atomic E-state index is 9.20. The van der Waals surface area contributed by atoms with Crippen LogP contribution in [0.5, 0.6) is 0 Å². The summed E-state index contributed by atoms with van der Waals surface area (Å²) >= 11 is 0. The molecular weight excluding hydrogens is 262 g/mol. The van der Waals surface area contributed by atoms with Gasteiger partial charge in [-0.1, -0.05) is 6.07 Å². The first-order valence-corrected chi connectivity index (χ1v) is 6.46. The first kappa shape index (κ1) is 12.9. The van der Waals surface area contributed by atoms with Gasteiger partial charge in [-0.2, -0.15) is 5.26 Å². The zero-order valence-electron chi connectivity index (χ0n) is 11.5. The van der Waals surface area contributed by atoms with E-state index in [0.29, 0.717) is 17.1 Å². The van der Waals surface area contributed by atoms with Crippen LogP contribution in [0.4, 0.5) is 5.69 Å². The topological polar surface area (TPSA) is 80.5 Å². The molecule has 0 atom stereocenters. The first-order valence-electron chi connectivity index (χ1n) is 6.46. The Balaban J connectivity index is 2.05. The van der Waals surface area contributed by atoms with E-state index in [2.05, 4.69) is 16.2 Å². The van der Waals surface area contributed by atoms with E-state index >= 15 is 0 Å². The van der Waals surface area contributed by atoms with Crippen LogP contribution < -0.4 is 5.73 Å². The van der Waals surface area contributed by atoms with E-state index in [1.165, 1.54) is 0 Å². The minimum Gasteiger partial charge on any atom is -0.399 e. The summed E-state index contributed by atoms with van der Waals surface area (Å²) in [6.45, 7) is 1.97. The second-order valence-electron chi connectivity index (χ2n) is 4.77. The van der Waals surface area contributed by atoms with Crippen molar-refractivity contribution in [3.05, 3.63) is 59.9 Å². The molecule has 1 heterocycles. The van der Waals surface area contributed by atoms with Gasteiger partial charge in [0, 0.05) is 11.3 Å². The Bertz CT molecular complexity index is 825. The standard InChI is InChI=1S/C16H13N5/c1-11-2-3-13(9-17)15(8-11)21-10-19-16(20-21)12-4-6-14(18)7-5-12/h2-8,10H,18H2,1H3. The van der Waals surface area contributed by atoms with E-state index in [1.54, 1.807) is 17.1 Å². The SMILES string of the molecule is Cc1ccc(C#N)c(-n2cnc(-c3ccc(N)cc3)n2)c1. The van der Waals surface area contributed by atoms with E-state index in [-0.39, 0.29) is 0 Å². The lowest BCUT2D eigenvalue weighted by Gasteiger charge is -2.04. The molecule has 0 amide bonds. The van der Waals surface area contributed by atoms with Crippen molar-refractivity contribution < 1.29 is 0 Å². The van der Waals surface area contributed by atoms with Crippen molar-refractivity contribution in [3.63, 3.8) is 0 Å². The maximum Gasteiger partial charge on any atom is 0.181 e. The van der Waals surface area contributed by atoms with Gasteiger partial charge >= 0.3 is 0 Å². The zero-order chi connectivity index (χ0) is 14.8. The highest BCUT2D eigenvalue weighted by Crippen LogP contribution is 2.19. The molecule has 3 rings (SSSR count). The van der Waals surface area contributed by atoms with Crippen molar-refractivity contribution in [2.75, 3.05) is 5.73 Å². The summed E-state index contributed by atoms with van der Waals surface area (Å²) in [5, 5.41) is 13.6. The maximum absolute atomic E-state index is 9.20. The summed E-state index contributed by atoms with van der Waals surface area (Å²) in [4.78, 5) is 4.30. The largest absolute Gasteiger partial charge is 0.399 e. The number of nitriles is 1. The van der Waals surface area contributed by atoms with E-state index < -0.39 is 0 Å². The highest BCUT2D eigenvalue weighted by molar-refractivity contribution is 5.59. The Morgan fingerprint density at radius 2 is 1.90 bits per heavy atom. The Hall–Kier alpha value is -3.13. The lowest BCUT2D eigenvalue weighted by molar-refractivity contribution is 0.877. The van der Waals surface area contributed by atoms with E-state index in [1.807, 2.05) is 43.3 Å². The van der Waals surface area contributed by atoms with Gasteiger partial charge in [0.25, 0.3) is 0 Å². The van der Waals surface area contributed by atoms with Crippen LogP contribution in [0.1, 0.15) is 11.1 Å². The van der Waals surface area contributed by atoms with Crippen molar-refractivity contribution in [3.8, 4) is 23.1 Å². The van der Waals surface area contributed by atoms with Crippen LogP contribution in [-0.2, 0) is 0 Å². The van der Waals surface area contributed by atoms with Gasteiger partial charge in [-0.25, -0.2) is 9.67 Å². The van der Waals surface area contributed by atoms with Crippen molar-refractivity contribution in [2.45, 2.75) is 6.92 Å². The number of aromatic nitrogens is 3. The molecule has 5 nitrogen and oxygen atoms in total. The number of rotatable bonds is 2. The lowest BCUT2D eigenvalue weighted by atomic mass is 10.1. The van der Waals surface area contributed by atoms with Gasteiger partial charge in [0.1, 0.15) is 12.4 Å². The fourth-order valence-corrected chi connectivity index (χ4v) is 2.07. The molecule has 3 aromatic rings. The quantitative estimate of drug-likeness (QED) is 0.729. The number of nitrogens with zero attached hydrogens (tertiary/aromatic N) is 4. The Labute approximate surface area is 122 Å². The highest BCUT2D eigenvalue weighted by Gasteiger charge is 2.09. The van der Waals surface area contributed by atoms with Crippen molar-refractivity contribution in [1.29, 1.82) is 5.26 Å². The number of benzene rings is 2. The second-order valence-corrected chi connectivity index (χ2v) is 4.77. The van der Waals surface area contributed by atoms with E-state index in [4.69, 9.17) is 5.73 Å². The van der Waals surface area contributed by atoms with Crippen LogP contribution in [0.2, 0.25) is 0 Å². The molecule has 0 aliphatic carbocycles. The zero-order valence-corrected chi connectivity index (χ0v) is 11.5. The number of nitrogen functional groups attached to an aromatic ring is 1. The monoisotopic (exact) mass is 275 g/mol. The number of anilines is 1. The van der Waals surface area contributed by atoms with E-state index in [0.717, 1.165) is 16.8 Å². The third kappa shape index (κ3) is 2.47. The van der Waals surface area contributed by atoms with E-state index in [9.17, 15) is 5.26 Å². The minimum absolute atomic E-state index is 0.564. The van der Waals surface area contributed by atoms with Crippen LogP contribution in [0, 0.1) is 18.3 Å². The summed E-state index contributed by atoms with van der Waals surface area (Å²) in [7, 11) is 0. The van der Waals surface area contributed by atoms with Crippen LogP contribution >= 0.6 is 0 Å². The highest BCUT2D eigenvalue weighted by atomic mass is 15.3. The summed E-state index contributed by atoms with van der Waals surface area (Å²) in [6.07, 6.45) is 1.61. The van der Waals surface area contributed by atoms with Crippen LogP contribution in [0.3, 0.4) is 0 Å².